The van der Waals surface area contributed by atoms with Gasteiger partial charge in [0.2, 0.25) is 0 Å². The van der Waals surface area contributed by atoms with E-state index >= 15 is 0 Å². The molecule has 0 bridgehead atoms. The Balaban J connectivity index is 1.21. The molecule has 0 amide bonds. The van der Waals surface area contributed by atoms with E-state index in [1.165, 1.54) is 5.56 Å². The standard InChI is InChI=1S/C46H33N3/c1-2-44-48-42-24-7-8-25-43(42)49(44)37-19-11-15-33(29-37)31-13-9-16-34(27-31)45-38-20-3-5-22-40(38)46(41-23-6-4-21-39(41)45)35-17-10-14-32(28-35)36-18-12-26-47-30-36/h3-30H,2H2,1H3/i1D3,2D2. The summed E-state index contributed by atoms with van der Waals surface area (Å²) in [6.07, 6.45) is 1.00. The molecule has 0 saturated carbocycles. The van der Waals surface area contributed by atoms with Crippen molar-refractivity contribution in [2.45, 2.75) is 13.2 Å². The van der Waals surface area contributed by atoms with Gasteiger partial charge in [-0.15, -0.1) is 0 Å². The maximum absolute atomic E-state index is 8.65. The van der Waals surface area contributed by atoms with Crippen LogP contribution in [-0.4, -0.2) is 14.5 Å². The Kier molecular flexibility index (Phi) is 5.88. The van der Waals surface area contributed by atoms with E-state index in [4.69, 9.17) is 6.85 Å². The van der Waals surface area contributed by atoms with Crippen LogP contribution in [0.25, 0.3) is 82.8 Å². The van der Waals surface area contributed by atoms with Gasteiger partial charge in [0.25, 0.3) is 0 Å². The predicted molar refractivity (Wildman–Crippen MR) is 205 cm³/mol. The molecular weight excluding hydrogens is 595 g/mol. The largest absolute Gasteiger partial charge is 0.296 e. The zero-order valence-corrected chi connectivity index (χ0v) is 26.5. The Morgan fingerprint density at radius 2 is 1.06 bits per heavy atom. The molecule has 9 rings (SSSR count). The van der Waals surface area contributed by atoms with Crippen molar-refractivity contribution in [1.82, 2.24) is 14.5 Å². The molecule has 3 heteroatoms. The van der Waals surface area contributed by atoms with Gasteiger partial charge in [0.1, 0.15) is 5.82 Å². The first kappa shape index (κ1) is 23.9. The highest BCUT2D eigenvalue weighted by Gasteiger charge is 2.18. The highest BCUT2D eigenvalue weighted by molar-refractivity contribution is 6.21. The van der Waals surface area contributed by atoms with Gasteiger partial charge in [0.05, 0.1) is 11.0 Å². The number of aryl methyl sites for hydroxylation is 1. The lowest BCUT2D eigenvalue weighted by molar-refractivity contribution is 0.908. The summed E-state index contributed by atoms with van der Waals surface area (Å²) in [7, 11) is 0. The summed E-state index contributed by atoms with van der Waals surface area (Å²) in [6, 6.07) is 53.4. The smallest absolute Gasteiger partial charge is 0.114 e. The van der Waals surface area contributed by atoms with Crippen LogP contribution in [0.15, 0.2) is 170 Å². The molecule has 2 aromatic heterocycles. The summed E-state index contributed by atoms with van der Waals surface area (Å²) >= 11 is 0. The Hall–Kier alpha value is -6.32. The van der Waals surface area contributed by atoms with E-state index in [9.17, 15) is 0 Å². The van der Waals surface area contributed by atoms with Crippen molar-refractivity contribution >= 4 is 32.6 Å². The molecule has 49 heavy (non-hydrogen) atoms. The summed E-state index contributed by atoms with van der Waals surface area (Å²) in [6.45, 7) is -2.92. The monoisotopic (exact) mass is 632 g/mol. The average Bonchev–Trinajstić information content (AvgIpc) is 3.61. The summed E-state index contributed by atoms with van der Waals surface area (Å²) in [5, 5.41) is 4.60. The third-order valence-electron chi connectivity index (χ3n) is 9.34. The van der Waals surface area contributed by atoms with Gasteiger partial charge in [0.15, 0.2) is 0 Å². The second kappa shape index (κ2) is 12.0. The molecular formula is C46H33N3. The topological polar surface area (TPSA) is 30.7 Å². The van der Waals surface area contributed by atoms with Crippen molar-refractivity contribution < 1.29 is 6.85 Å². The zero-order valence-electron chi connectivity index (χ0n) is 31.5. The van der Waals surface area contributed by atoms with Crippen LogP contribution in [-0.2, 0) is 6.37 Å². The van der Waals surface area contributed by atoms with Gasteiger partial charge in [-0.3, -0.25) is 9.55 Å². The molecule has 0 saturated heterocycles. The fraction of sp³-hybridized carbons (Fsp3) is 0.0435. The number of hydrogen-bond acceptors (Lipinski definition) is 2. The second-order valence-corrected chi connectivity index (χ2v) is 12.2. The number of pyridine rings is 1. The minimum atomic E-state index is -2.92. The lowest BCUT2D eigenvalue weighted by Crippen LogP contribution is -2.00. The molecule has 0 atom stereocenters. The van der Waals surface area contributed by atoms with Gasteiger partial charge in [0, 0.05) is 36.9 Å². The molecule has 3 nitrogen and oxygen atoms in total. The number of aromatic nitrogens is 3. The Bertz CT molecular complexity index is 2800. The molecule has 2 heterocycles. The Morgan fingerprint density at radius 3 is 1.67 bits per heavy atom. The first-order valence-electron chi connectivity index (χ1n) is 18.8. The summed E-state index contributed by atoms with van der Waals surface area (Å²) in [4.78, 5) is 8.87. The average molecular weight is 633 g/mol. The Morgan fingerprint density at radius 1 is 0.531 bits per heavy atom. The molecule has 0 spiro atoms. The van der Waals surface area contributed by atoms with Gasteiger partial charge in [-0.1, -0.05) is 122 Å². The van der Waals surface area contributed by atoms with Crippen LogP contribution in [0.3, 0.4) is 0 Å². The molecule has 232 valence electrons. The third-order valence-corrected chi connectivity index (χ3v) is 9.34. The van der Waals surface area contributed by atoms with E-state index in [-0.39, 0.29) is 5.82 Å². The summed E-state index contributed by atoms with van der Waals surface area (Å²) < 4.78 is 43.0. The number of fused-ring (bicyclic) bond motifs is 3. The van der Waals surface area contributed by atoms with Crippen molar-refractivity contribution in [1.29, 1.82) is 0 Å². The lowest BCUT2D eigenvalue weighted by Gasteiger charge is -2.18. The zero-order chi connectivity index (χ0) is 37.0. The lowest BCUT2D eigenvalue weighted by atomic mass is 9.85. The highest BCUT2D eigenvalue weighted by Crippen LogP contribution is 2.44. The molecule has 9 aromatic rings. The van der Waals surface area contributed by atoms with Gasteiger partial charge < -0.3 is 0 Å². The molecule has 0 aliphatic carbocycles. The van der Waals surface area contributed by atoms with E-state index in [0.29, 0.717) is 16.7 Å². The highest BCUT2D eigenvalue weighted by atomic mass is 15.1. The van der Waals surface area contributed by atoms with Crippen molar-refractivity contribution in [3.8, 4) is 50.2 Å². The van der Waals surface area contributed by atoms with Crippen molar-refractivity contribution in [3.63, 3.8) is 0 Å². The minimum absolute atomic E-state index is 0.154. The maximum atomic E-state index is 8.65. The third kappa shape index (κ3) is 4.99. The number of imidazole rings is 1. The van der Waals surface area contributed by atoms with Gasteiger partial charge in [-0.2, -0.15) is 0 Å². The van der Waals surface area contributed by atoms with E-state index in [2.05, 4.69) is 113 Å². The molecule has 0 fully saturated rings. The van der Waals surface area contributed by atoms with Crippen molar-refractivity contribution in [2.24, 2.45) is 0 Å². The van der Waals surface area contributed by atoms with Crippen LogP contribution in [0, 0.1) is 0 Å². The fourth-order valence-electron chi connectivity index (χ4n) is 7.19. The van der Waals surface area contributed by atoms with Gasteiger partial charge >= 0.3 is 0 Å². The van der Waals surface area contributed by atoms with Crippen LogP contribution >= 0.6 is 0 Å². The second-order valence-electron chi connectivity index (χ2n) is 12.2. The van der Waals surface area contributed by atoms with Gasteiger partial charge in [-0.05, 0) is 103 Å². The molecule has 0 aliphatic rings. The van der Waals surface area contributed by atoms with Crippen LogP contribution in [0.4, 0.5) is 0 Å². The number of para-hydroxylation sites is 2. The van der Waals surface area contributed by atoms with Gasteiger partial charge in [-0.25, -0.2) is 4.98 Å². The predicted octanol–water partition coefficient (Wildman–Crippen LogP) is 12.0. The van der Waals surface area contributed by atoms with Crippen LogP contribution in [0.1, 0.15) is 19.5 Å². The van der Waals surface area contributed by atoms with E-state index in [1.807, 2.05) is 54.7 Å². The van der Waals surface area contributed by atoms with Crippen molar-refractivity contribution in [3.05, 3.63) is 176 Å². The minimum Gasteiger partial charge on any atom is -0.296 e. The Labute approximate surface area is 292 Å². The fourth-order valence-corrected chi connectivity index (χ4v) is 7.19. The first-order chi connectivity index (χ1) is 26.2. The first-order valence-corrected chi connectivity index (χ1v) is 16.3. The molecule has 0 N–H and O–H groups in total. The molecule has 0 radical (unpaired) electrons. The van der Waals surface area contributed by atoms with Crippen LogP contribution in [0.5, 0.6) is 0 Å². The number of hydrogen-bond donors (Lipinski definition) is 0. The number of nitrogens with zero attached hydrogens (tertiary/aromatic N) is 3. The summed E-state index contributed by atoms with van der Waals surface area (Å²) in [5.74, 6) is -0.154. The van der Waals surface area contributed by atoms with E-state index in [1.54, 1.807) is 16.8 Å². The van der Waals surface area contributed by atoms with E-state index in [0.717, 1.165) is 60.5 Å². The van der Waals surface area contributed by atoms with E-state index < -0.39 is 13.2 Å². The SMILES string of the molecule is [2H]C([2H])([2H])C([2H])([2H])c1nc2ccccc2n1-c1cccc(-c2cccc(-c3c4ccccc4c(-c4cccc(-c5cccnc5)c4)c4ccccc34)c2)c1. The number of rotatable bonds is 6. The van der Waals surface area contributed by atoms with Crippen LogP contribution in [0.2, 0.25) is 0 Å². The molecule has 0 unspecified atom stereocenters. The quantitative estimate of drug-likeness (QED) is 0.171. The number of benzene rings is 7. The summed E-state index contributed by atoms with van der Waals surface area (Å²) in [5.41, 5.74) is 10.4. The molecule has 0 aliphatic heterocycles. The normalized spacial score (nSPS) is 13.5. The molecule has 7 aromatic carbocycles. The maximum Gasteiger partial charge on any atom is 0.114 e. The van der Waals surface area contributed by atoms with Crippen molar-refractivity contribution in [2.75, 3.05) is 0 Å². The van der Waals surface area contributed by atoms with Crippen LogP contribution < -0.4 is 0 Å².